The van der Waals surface area contributed by atoms with Crippen molar-refractivity contribution in [2.45, 2.75) is 51.5 Å². The van der Waals surface area contributed by atoms with Gasteiger partial charge in [0, 0.05) is 24.7 Å². The van der Waals surface area contributed by atoms with Crippen LogP contribution in [-0.2, 0) is 19.6 Å². The van der Waals surface area contributed by atoms with Crippen LogP contribution in [0.25, 0.3) is 0 Å². The van der Waals surface area contributed by atoms with Gasteiger partial charge in [-0.05, 0) is 75.9 Å². The molecule has 0 aliphatic carbocycles. The second-order valence-corrected chi connectivity index (χ2v) is 10.5. The Labute approximate surface area is 190 Å². The number of piperidine rings is 1. The van der Waals surface area contributed by atoms with Gasteiger partial charge in [0.2, 0.25) is 21.8 Å². The molecule has 3 rings (SSSR count). The maximum atomic E-state index is 12.8. The van der Waals surface area contributed by atoms with Gasteiger partial charge in [-0.2, -0.15) is 4.31 Å². The van der Waals surface area contributed by atoms with Crippen LogP contribution in [0.4, 0.5) is 5.69 Å². The normalized spacial score (nSPS) is 16.4. The quantitative estimate of drug-likeness (QED) is 0.697. The van der Waals surface area contributed by atoms with Crippen LogP contribution in [0.3, 0.4) is 0 Å². The highest BCUT2D eigenvalue weighted by Gasteiger charge is 2.32. The van der Waals surface area contributed by atoms with E-state index >= 15 is 0 Å². The Hall–Kier alpha value is -2.71. The molecule has 7 nitrogen and oxygen atoms in total. The summed E-state index contributed by atoms with van der Waals surface area (Å²) in [5.74, 6) is -0.834. The van der Waals surface area contributed by atoms with Crippen LogP contribution in [0, 0.1) is 26.7 Å². The molecule has 1 saturated heterocycles. The Kier molecular flexibility index (Phi) is 7.36. The lowest BCUT2D eigenvalue weighted by atomic mass is 9.97. The van der Waals surface area contributed by atoms with E-state index in [-0.39, 0.29) is 35.7 Å². The van der Waals surface area contributed by atoms with Crippen LogP contribution < -0.4 is 10.6 Å². The topological polar surface area (TPSA) is 95.6 Å². The van der Waals surface area contributed by atoms with Gasteiger partial charge in [-0.25, -0.2) is 8.42 Å². The zero-order valence-corrected chi connectivity index (χ0v) is 19.8. The Morgan fingerprint density at radius 1 is 0.938 bits per heavy atom. The van der Waals surface area contributed by atoms with Gasteiger partial charge in [0.25, 0.3) is 0 Å². The van der Waals surface area contributed by atoms with Crippen molar-refractivity contribution in [1.29, 1.82) is 0 Å². The van der Waals surface area contributed by atoms with Crippen LogP contribution in [0.2, 0.25) is 0 Å². The van der Waals surface area contributed by atoms with Crippen LogP contribution in [0.5, 0.6) is 0 Å². The van der Waals surface area contributed by atoms with E-state index in [0.29, 0.717) is 18.5 Å². The van der Waals surface area contributed by atoms with Crippen LogP contribution >= 0.6 is 0 Å². The molecule has 0 aromatic heterocycles. The molecule has 2 aromatic rings. The van der Waals surface area contributed by atoms with E-state index < -0.39 is 16.1 Å². The fourth-order valence-corrected chi connectivity index (χ4v) is 5.38. The molecule has 1 atom stereocenters. The maximum Gasteiger partial charge on any atom is 0.246 e. The molecule has 32 heavy (non-hydrogen) atoms. The third-order valence-corrected chi connectivity index (χ3v) is 7.64. The van der Waals surface area contributed by atoms with Crippen molar-refractivity contribution in [3.05, 3.63) is 59.2 Å². The third-order valence-electron chi connectivity index (χ3n) is 5.72. The molecule has 0 spiro atoms. The van der Waals surface area contributed by atoms with Gasteiger partial charge in [-0.3, -0.25) is 9.59 Å². The molecule has 1 fully saturated rings. The van der Waals surface area contributed by atoms with Gasteiger partial charge in [-0.15, -0.1) is 0 Å². The minimum atomic E-state index is -3.57. The number of nitrogens with zero attached hydrogens (tertiary/aromatic N) is 1. The summed E-state index contributed by atoms with van der Waals surface area (Å²) in [4.78, 5) is 25.4. The Morgan fingerprint density at radius 2 is 1.50 bits per heavy atom. The second kappa shape index (κ2) is 9.83. The summed E-state index contributed by atoms with van der Waals surface area (Å²) in [7, 11) is -3.57. The molecule has 8 heteroatoms. The first-order valence-corrected chi connectivity index (χ1v) is 12.3. The monoisotopic (exact) mass is 457 g/mol. The molecule has 172 valence electrons. The van der Waals surface area contributed by atoms with E-state index in [1.54, 1.807) is 31.2 Å². The molecule has 1 heterocycles. The Morgan fingerprint density at radius 3 is 2.06 bits per heavy atom. The average molecular weight is 458 g/mol. The fraction of sp³-hybridized carbons (Fsp3) is 0.417. The molecule has 2 N–H and O–H groups in total. The summed E-state index contributed by atoms with van der Waals surface area (Å²) in [6.07, 6.45) is 0.838. The molecule has 1 unspecified atom stereocenters. The van der Waals surface area contributed by atoms with E-state index in [4.69, 9.17) is 0 Å². The predicted molar refractivity (Wildman–Crippen MR) is 125 cm³/mol. The molecule has 2 aromatic carbocycles. The number of sulfonamides is 1. The summed E-state index contributed by atoms with van der Waals surface area (Å²) in [6, 6.07) is 11.9. The van der Waals surface area contributed by atoms with E-state index in [2.05, 4.69) is 10.6 Å². The number of amides is 2. The van der Waals surface area contributed by atoms with Crippen molar-refractivity contribution >= 4 is 27.5 Å². The molecule has 0 bridgehead atoms. The summed E-state index contributed by atoms with van der Waals surface area (Å²) in [5, 5.41) is 5.61. The maximum absolute atomic E-state index is 12.8. The number of benzene rings is 2. The summed E-state index contributed by atoms with van der Waals surface area (Å²) in [5.41, 5.74) is 3.78. The van der Waals surface area contributed by atoms with E-state index in [0.717, 1.165) is 16.7 Å². The number of hydrogen-bond donors (Lipinski definition) is 2. The number of nitrogens with one attached hydrogen (secondary N) is 2. The molecule has 1 aliphatic rings. The van der Waals surface area contributed by atoms with Crippen LogP contribution in [0.1, 0.15) is 36.5 Å². The third kappa shape index (κ3) is 5.75. The second-order valence-electron chi connectivity index (χ2n) is 8.59. The number of hydrogen-bond acceptors (Lipinski definition) is 4. The van der Waals surface area contributed by atoms with Gasteiger partial charge in [-0.1, -0.05) is 23.8 Å². The fourth-order valence-electron chi connectivity index (χ4n) is 3.91. The van der Waals surface area contributed by atoms with Crippen molar-refractivity contribution in [3.8, 4) is 0 Å². The molecular weight excluding hydrogens is 426 g/mol. The minimum Gasteiger partial charge on any atom is -0.344 e. The number of anilines is 1. The predicted octanol–water partition coefficient (Wildman–Crippen LogP) is 3.16. The smallest absolute Gasteiger partial charge is 0.246 e. The lowest BCUT2D eigenvalue weighted by Crippen LogP contribution is -2.47. The Bertz CT molecular complexity index is 1070. The zero-order chi connectivity index (χ0) is 23.5. The Balaban J connectivity index is 1.53. The average Bonchev–Trinajstić information content (AvgIpc) is 2.73. The van der Waals surface area contributed by atoms with Crippen molar-refractivity contribution in [2.75, 3.05) is 18.4 Å². The summed E-state index contributed by atoms with van der Waals surface area (Å²) in [6.45, 7) is 8.02. The number of carbonyl (C=O) groups is 2. The van der Waals surface area contributed by atoms with Gasteiger partial charge >= 0.3 is 0 Å². The minimum absolute atomic E-state index is 0.222. The highest BCUT2D eigenvalue weighted by Crippen LogP contribution is 2.24. The largest absolute Gasteiger partial charge is 0.344 e. The lowest BCUT2D eigenvalue weighted by Gasteiger charge is -2.31. The first kappa shape index (κ1) is 23.9. The molecule has 1 aliphatic heterocycles. The standard InChI is InChI=1S/C24H31N3O4S/c1-16-5-7-22(8-6-16)32(30,31)27-11-9-20(10-12-27)24(29)25-19(4)23(28)26-21-14-17(2)13-18(3)15-21/h5-8,13-15,19-20H,9-12H2,1-4H3,(H,25,29)(H,26,28). The highest BCUT2D eigenvalue weighted by molar-refractivity contribution is 7.89. The first-order chi connectivity index (χ1) is 15.1. The van der Waals surface area contributed by atoms with Gasteiger partial charge in [0.05, 0.1) is 4.90 Å². The van der Waals surface area contributed by atoms with Crippen LogP contribution in [0.15, 0.2) is 47.4 Å². The van der Waals surface area contributed by atoms with E-state index in [1.165, 1.54) is 4.31 Å². The van der Waals surface area contributed by atoms with Crippen molar-refractivity contribution < 1.29 is 18.0 Å². The van der Waals surface area contributed by atoms with Crippen LogP contribution in [-0.4, -0.2) is 43.7 Å². The number of aryl methyl sites for hydroxylation is 3. The summed E-state index contributed by atoms with van der Waals surface area (Å²) >= 11 is 0. The van der Waals surface area contributed by atoms with E-state index in [1.807, 2.05) is 39.0 Å². The van der Waals surface area contributed by atoms with Crippen molar-refractivity contribution in [2.24, 2.45) is 5.92 Å². The number of rotatable bonds is 6. The van der Waals surface area contributed by atoms with Gasteiger partial charge in [0.1, 0.15) is 6.04 Å². The van der Waals surface area contributed by atoms with Gasteiger partial charge in [0.15, 0.2) is 0 Å². The SMILES string of the molecule is Cc1ccc(S(=O)(=O)N2CCC(C(=O)NC(C)C(=O)Nc3cc(C)cc(C)c3)CC2)cc1. The lowest BCUT2D eigenvalue weighted by molar-refractivity contribution is -0.129. The van der Waals surface area contributed by atoms with Crippen molar-refractivity contribution in [1.82, 2.24) is 9.62 Å². The zero-order valence-electron chi connectivity index (χ0n) is 19.0. The summed E-state index contributed by atoms with van der Waals surface area (Å²) < 4.78 is 27.1. The molecule has 2 amide bonds. The molecule has 0 radical (unpaired) electrons. The molecule has 0 saturated carbocycles. The molecular formula is C24H31N3O4S. The first-order valence-electron chi connectivity index (χ1n) is 10.8. The van der Waals surface area contributed by atoms with E-state index in [9.17, 15) is 18.0 Å². The number of carbonyl (C=O) groups excluding carboxylic acids is 2. The van der Waals surface area contributed by atoms with Gasteiger partial charge < -0.3 is 10.6 Å². The highest BCUT2D eigenvalue weighted by atomic mass is 32.2. The van der Waals surface area contributed by atoms with Crippen molar-refractivity contribution in [3.63, 3.8) is 0 Å².